The van der Waals surface area contributed by atoms with Crippen molar-refractivity contribution in [3.05, 3.63) is 83.1 Å². The van der Waals surface area contributed by atoms with Gasteiger partial charge < -0.3 is 15.0 Å². The molecule has 2 aromatic carbocycles. The van der Waals surface area contributed by atoms with Crippen LogP contribution < -0.4 is 5.32 Å². The highest BCUT2D eigenvalue weighted by Crippen LogP contribution is 2.45. The average molecular weight is 446 g/mol. The minimum atomic E-state index is -5.30. The Kier molecular flexibility index (Phi) is 6.38. The van der Waals surface area contributed by atoms with E-state index in [1.165, 1.54) is 31.2 Å². The van der Waals surface area contributed by atoms with Crippen LogP contribution in [0.25, 0.3) is 0 Å². The predicted octanol–water partition coefficient (Wildman–Crippen LogP) is 3.25. The lowest BCUT2D eigenvalue weighted by atomic mass is 9.88. The number of carbonyl (C=O) groups excluding carboxylic acids is 3. The molecule has 0 aromatic heterocycles. The van der Waals surface area contributed by atoms with E-state index >= 15 is 0 Å². The summed E-state index contributed by atoms with van der Waals surface area (Å²) in [5.41, 5.74) is -4.02. The Balaban J connectivity index is 2.06. The molecule has 1 aliphatic heterocycles. The summed E-state index contributed by atoms with van der Waals surface area (Å²) in [6, 6.07) is 16.0. The maximum atomic E-state index is 14.5. The first-order valence-electron chi connectivity index (χ1n) is 9.73. The zero-order valence-corrected chi connectivity index (χ0v) is 17.4. The smallest absolute Gasteiger partial charge is 0.425 e. The van der Waals surface area contributed by atoms with E-state index in [0.29, 0.717) is 0 Å². The Bertz CT molecular complexity index is 1050. The highest BCUT2D eigenvalue weighted by molar-refractivity contribution is 6.11. The molecule has 0 spiro atoms. The molecule has 3 rings (SSSR count). The molecular formula is C23H21F3N2O4. The van der Waals surface area contributed by atoms with E-state index in [9.17, 15) is 27.6 Å². The van der Waals surface area contributed by atoms with Crippen molar-refractivity contribution in [3.63, 3.8) is 0 Å². The van der Waals surface area contributed by atoms with Crippen LogP contribution in [0.15, 0.2) is 71.9 Å². The van der Waals surface area contributed by atoms with Gasteiger partial charge in [0, 0.05) is 17.8 Å². The number of esters is 1. The van der Waals surface area contributed by atoms with Gasteiger partial charge in [0.05, 0.1) is 7.11 Å². The van der Waals surface area contributed by atoms with E-state index in [2.05, 4.69) is 4.74 Å². The second-order valence-corrected chi connectivity index (χ2v) is 7.21. The van der Waals surface area contributed by atoms with Gasteiger partial charge in [-0.15, -0.1) is 0 Å². The van der Waals surface area contributed by atoms with Crippen molar-refractivity contribution in [2.45, 2.75) is 25.1 Å². The van der Waals surface area contributed by atoms with Crippen LogP contribution in [-0.2, 0) is 20.7 Å². The van der Waals surface area contributed by atoms with E-state index in [4.69, 9.17) is 0 Å². The molecule has 1 aliphatic rings. The van der Waals surface area contributed by atoms with Crippen LogP contribution in [0.2, 0.25) is 0 Å². The van der Waals surface area contributed by atoms with E-state index in [0.717, 1.165) is 17.6 Å². The fraction of sp³-hybridized carbons (Fsp3) is 0.261. The van der Waals surface area contributed by atoms with E-state index in [-0.39, 0.29) is 24.2 Å². The van der Waals surface area contributed by atoms with Crippen LogP contribution in [-0.4, -0.2) is 48.1 Å². The molecular weight excluding hydrogens is 425 g/mol. The van der Waals surface area contributed by atoms with Gasteiger partial charge in [0.2, 0.25) is 0 Å². The zero-order chi connectivity index (χ0) is 23.5. The molecule has 2 amide bonds. The van der Waals surface area contributed by atoms with E-state index < -0.39 is 35.1 Å². The molecule has 0 bridgehead atoms. The summed E-state index contributed by atoms with van der Waals surface area (Å²) in [6.45, 7) is 1.12. The summed E-state index contributed by atoms with van der Waals surface area (Å²) < 4.78 is 48.1. The van der Waals surface area contributed by atoms with Crippen LogP contribution in [0, 0.1) is 0 Å². The van der Waals surface area contributed by atoms with Gasteiger partial charge >= 0.3 is 12.1 Å². The van der Waals surface area contributed by atoms with Gasteiger partial charge in [-0.2, -0.15) is 13.2 Å². The molecule has 0 saturated carbocycles. The predicted molar refractivity (Wildman–Crippen MR) is 109 cm³/mol. The Morgan fingerprint density at radius 3 is 2.12 bits per heavy atom. The Morgan fingerprint density at radius 1 is 1.03 bits per heavy atom. The summed E-state index contributed by atoms with van der Waals surface area (Å²) in [7, 11) is 0.917. The summed E-state index contributed by atoms with van der Waals surface area (Å²) in [6.07, 6.45) is -5.06. The minimum absolute atomic E-state index is 0.0893. The van der Waals surface area contributed by atoms with Gasteiger partial charge in [0.15, 0.2) is 0 Å². The maximum Gasteiger partial charge on any atom is 0.425 e. The van der Waals surface area contributed by atoms with Gasteiger partial charge in [-0.1, -0.05) is 48.5 Å². The number of halogens is 3. The number of carbonyl (C=O) groups is 3. The number of hydrogen-bond donors (Lipinski definition) is 1. The number of amides is 2. The molecule has 1 atom stereocenters. The first-order valence-corrected chi connectivity index (χ1v) is 9.73. The highest BCUT2D eigenvalue weighted by atomic mass is 19.4. The van der Waals surface area contributed by atoms with E-state index in [1.54, 1.807) is 36.4 Å². The molecule has 1 N–H and O–H groups in total. The molecule has 32 heavy (non-hydrogen) atoms. The number of methoxy groups -OCH3 is 1. The zero-order valence-electron chi connectivity index (χ0n) is 17.4. The lowest BCUT2D eigenvalue weighted by Crippen LogP contribution is -2.66. The topological polar surface area (TPSA) is 75.7 Å². The number of benzene rings is 2. The molecule has 0 unspecified atom stereocenters. The summed E-state index contributed by atoms with van der Waals surface area (Å²) >= 11 is 0. The fourth-order valence-electron chi connectivity index (χ4n) is 3.71. The first-order chi connectivity index (χ1) is 15.1. The second kappa shape index (κ2) is 8.86. The Labute approximate surface area is 182 Å². The number of hydrogen-bond acceptors (Lipinski definition) is 4. The number of rotatable bonds is 6. The molecule has 0 radical (unpaired) electrons. The average Bonchev–Trinajstić information content (AvgIpc) is 2.99. The summed E-state index contributed by atoms with van der Waals surface area (Å²) in [5, 5.41) is 1.81. The monoisotopic (exact) mass is 446 g/mol. The third-order valence-corrected chi connectivity index (χ3v) is 5.33. The van der Waals surface area contributed by atoms with Gasteiger partial charge in [-0.05, 0) is 31.0 Å². The Morgan fingerprint density at radius 2 is 1.59 bits per heavy atom. The van der Waals surface area contributed by atoms with Gasteiger partial charge in [-0.3, -0.25) is 9.59 Å². The molecule has 1 heterocycles. The SMILES string of the molecule is COC(=O)C1=C(C)N(CCc2ccccc2)C(=O)[C@@]1(NC(=O)c1ccccc1)C(F)(F)F. The number of ether oxygens (including phenoxy) is 1. The standard InChI is InChI=1S/C23H21F3N2O4/c1-15-18(20(30)32-2)22(23(24,25)26,27-19(29)17-11-7-4-8-12-17)21(31)28(15)14-13-16-9-5-3-6-10-16/h3-12H,13-14H2,1-2H3,(H,27,29)/t22-/m1/s1. The van der Waals surface area contributed by atoms with Crippen LogP contribution in [0.5, 0.6) is 0 Å². The largest absolute Gasteiger partial charge is 0.466 e. The Hall–Kier alpha value is -3.62. The molecule has 9 heteroatoms. The summed E-state index contributed by atoms with van der Waals surface area (Å²) in [5.74, 6) is -3.94. The quantitative estimate of drug-likeness (QED) is 0.692. The molecule has 0 aliphatic carbocycles. The van der Waals surface area contributed by atoms with Crippen molar-refractivity contribution in [1.29, 1.82) is 0 Å². The normalized spacial score (nSPS) is 18.7. The van der Waals surface area contributed by atoms with Crippen molar-refractivity contribution in [1.82, 2.24) is 10.2 Å². The van der Waals surface area contributed by atoms with Crippen LogP contribution in [0.1, 0.15) is 22.8 Å². The van der Waals surface area contributed by atoms with Crippen molar-refractivity contribution in [2.75, 3.05) is 13.7 Å². The molecule has 0 fully saturated rings. The third kappa shape index (κ3) is 3.98. The second-order valence-electron chi connectivity index (χ2n) is 7.21. The minimum Gasteiger partial charge on any atom is -0.466 e. The molecule has 168 valence electrons. The van der Waals surface area contributed by atoms with Gasteiger partial charge in [0.1, 0.15) is 5.57 Å². The maximum absolute atomic E-state index is 14.5. The molecule has 2 aromatic rings. The summed E-state index contributed by atoms with van der Waals surface area (Å²) in [4.78, 5) is 39.3. The lowest BCUT2D eigenvalue weighted by molar-refractivity contribution is -0.192. The fourth-order valence-corrected chi connectivity index (χ4v) is 3.71. The molecule has 0 saturated heterocycles. The number of nitrogens with one attached hydrogen (secondary N) is 1. The van der Waals surface area contributed by atoms with Gasteiger partial charge in [0.25, 0.3) is 17.4 Å². The van der Waals surface area contributed by atoms with Crippen LogP contribution in [0.3, 0.4) is 0 Å². The number of alkyl halides is 3. The van der Waals surface area contributed by atoms with Crippen LogP contribution in [0.4, 0.5) is 13.2 Å². The molecule has 6 nitrogen and oxygen atoms in total. The van der Waals surface area contributed by atoms with Crippen molar-refractivity contribution < 1.29 is 32.3 Å². The van der Waals surface area contributed by atoms with Crippen molar-refractivity contribution in [3.8, 4) is 0 Å². The lowest BCUT2D eigenvalue weighted by Gasteiger charge is -2.33. The first kappa shape index (κ1) is 23.1. The number of allylic oxidation sites excluding steroid dienone is 1. The highest BCUT2D eigenvalue weighted by Gasteiger charge is 2.70. The number of nitrogens with zero attached hydrogens (tertiary/aromatic N) is 1. The van der Waals surface area contributed by atoms with Crippen molar-refractivity contribution in [2.24, 2.45) is 0 Å². The van der Waals surface area contributed by atoms with Crippen molar-refractivity contribution >= 4 is 17.8 Å². The third-order valence-electron chi connectivity index (χ3n) is 5.33. The van der Waals surface area contributed by atoms with Gasteiger partial charge in [-0.25, -0.2) is 4.79 Å². The van der Waals surface area contributed by atoms with Crippen LogP contribution >= 0.6 is 0 Å². The van der Waals surface area contributed by atoms with E-state index in [1.807, 2.05) is 5.32 Å².